The fraction of sp³-hybridized carbons (Fsp3) is 0.273. The number of thioether (sulfide) groups is 1. The average molecular weight is 457 g/mol. The maximum absolute atomic E-state index is 12.6. The zero-order valence-corrected chi connectivity index (χ0v) is 19.3. The Morgan fingerprint density at radius 3 is 2.68 bits per heavy atom. The molecule has 0 fully saturated rings. The van der Waals surface area contributed by atoms with Crippen LogP contribution in [0.4, 0.5) is 5.00 Å². The van der Waals surface area contributed by atoms with E-state index >= 15 is 0 Å². The van der Waals surface area contributed by atoms with E-state index in [1.54, 1.807) is 19.1 Å². The molecule has 2 heterocycles. The minimum absolute atomic E-state index is 0.127. The van der Waals surface area contributed by atoms with Crippen LogP contribution in [0.2, 0.25) is 0 Å². The van der Waals surface area contributed by atoms with Crippen LogP contribution in [0.25, 0.3) is 11.4 Å². The second-order valence-electron chi connectivity index (χ2n) is 6.73. The van der Waals surface area contributed by atoms with Gasteiger partial charge in [-0.3, -0.25) is 9.36 Å². The minimum Gasteiger partial charge on any atom is -0.462 e. The molecule has 162 valence electrons. The summed E-state index contributed by atoms with van der Waals surface area (Å²) in [4.78, 5) is 25.6. The van der Waals surface area contributed by atoms with E-state index in [1.807, 2.05) is 42.7 Å². The number of nitrogens with zero attached hydrogens (tertiary/aromatic N) is 3. The molecule has 0 atom stereocenters. The van der Waals surface area contributed by atoms with E-state index in [9.17, 15) is 9.59 Å². The van der Waals surface area contributed by atoms with Gasteiger partial charge in [0.25, 0.3) is 0 Å². The molecule has 0 bridgehead atoms. The predicted octanol–water partition coefficient (Wildman–Crippen LogP) is 4.72. The molecular formula is C22H24N4O3S2. The van der Waals surface area contributed by atoms with Crippen LogP contribution in [-0.2, 0) is 16.1 Å². The van der Waals surface area contributed by atoms with Gasteiger partial charge in [0.15, 0.2) is 11.0 Å². The number of aryl methyl sites for hydroxylation is 2. The van der Waals surface area contributed by atoms with Crippen molar-refractivity contribution in [3.05, 3.63) is 59.0 Å². The van der Waals surface area contributed by atoms with Gasteiger partial charge in [-0.2, -0.15) is 0 Å². The molecule has 0 saturated carbocycles. The smallest absolute Gasteiger partial charge is 0.341 e. The number of hydrogen-bond acceptors (Lipinski definition) is 7. The number of carbonyl (C=O) groups is 2. The van der Waals surface area contributed by atoms with Gasteiger partial charge in [-0.05, 0) is 26.8 Å². The van der Waals surface area contributed by atoms with Crippen molar-refractivity contribution in [1.29, 1.82) is 0 Å². The number of anilines is 1. The van der Waals surface area contributed by atoms with E-state index in [1.165, 1.54) is 23.1 Å². The molecule has 0 unspecified atom stereocenters. The molecule has 1 N–H and O–H groups in total. The van der Waals surface area contributed by atoms with Gasteiger partial charge in [0.05, 0.1) is 17.9 Å². The summed E-state index contributed by atoms with van der Waals surface area (Å²) in [7, 11) is 0. The van der Waals surface area contributed by atoms with Gasteiger partial charge in [0, 0.05) is 17.0 Å². The summed E-state index contributed by atoms with van der Waals surface area (Å²) < 4.78 is 6.99. The third-order valence-corrected chi connectivity index (χ3v) is 6.21. The minimum atomic E-state index is -0.441. The first kappa shape index (κ1) is 22.8. The molecular weight excluding hydrogens is 432 g/mol. The van der Waals surface area contributed by atoms with Gasteiger partial charge in [-0.15, -0.1) is 28.1 Å². The molecule has 1 aromatic carbocycles. The quantitative estimate of drug-likeness (QED) is 0.285. The molecule has 0 aliphatic rings. The molecule has 0 saturated heterocycles. The molecule has 31 heavy (non-hydrogen) atoms. The standard InChI is InChI=1S/C22H24N4O3S2/c1-5-11-26-19(16-9-7-14(3)8-10-16)24-25-22(26)30-13-18(27)23-20-17(12-15(4)31-20)21(28)29-6-2/h5,7-10,12H,1,6,11,13H2,2-4H3,(H,23,27). The Balaban J connectivity index is 1.72. The van der Waals surface area contributed by atoms with Gasteiger partial charge in [-0.25, -0.2) is 4.79 Å². The van der Waals surface area contributed by atoms with Crippen molar-refractivity contribution in [2.45, 2.75) is 32.5 Å². The van der Waals surface area contributed by atoms with E-state index < -0.39 is 5.97 Å². The Labute approximate surface area is 189 Å². The third-order valence-electron chi connectivity index (χ3n) is 4.27. The van der Waals surface area contributed by atoms with Gasteiger partial charge in [0.1, 0.15) is 5.00 Å². The Hall–Kier alpha value is -2.91. The van der Waals surface area contributed by atoms with Crippen LogP contribution in [0.1, 0.15) is 27.7 Å². The van der Waals surface area contributed by atoms with Crippen molar-refractivity contribution in [1.82, 2.24) is 14.8 Å². The average Bonchev–Trinajstić information content (AvgIpc) is 3.30. The summed E-state index contributed by atoms with van der Waals surface area (Å²) in [5, 5.41) is 12.5. The van der Waals surface area contributed by atoms with E-state index in [4.69, 9.17) is 4.74 Å². The summed E-state index contributed by atoms with van der Waals surface area (Å²) >= 11 is 2.63. The summed E-state index contributed by atoms with van der Waals surface area (Å²) in [6, 6.07) is 9.76. The topological polar surface area (TPSA) is 86.1 Å². The number of carbonyl (C=O) groups excluding carboxylic acids is 2. The van der Waals surface area contributed by atoms with Crippen LogP contribution in [0.3, 0.4) is 0 Å². The lowest BCUT2D eigenvalue weighted by molar-refractivity contribution is -0.113. The monoisotopic (exact) mass is 456 g/mol. The predicted molar refractivity (Wildman–Crippen MR) is 125 cm³/mol. The Morgan fingerprint density at radius 2 is 2.00 bits per heavy atom. The number of rotatable bonds is 9. The Bertz CT molecular complexity index is 1090. The summed E-state index contributed by atoms with van der Waals surface area (Å²) in [5.74, 6) is 0.176. The molecule has 0 radical (unpaired) electrons. The highest BCUT2D eigenvalue weighted by molar-refractivity contribution is 7.99. The summed E-state index contributed by atoms with van der Waals surface area (Å²) in [6.07, 6.45) is 1.77. The summed E-state index contributed by atoms with van der Waals surface area (Å²) in [5.41, 5.74) is 2.49. The van der Waals surface area contributed by atoms with Crippen LogP contribution in [0, 0.1) is 13.8 Å². The maximum Gasteiger partial charge on any atom is 0.341 e. The number of hydrogen-bond donors (Lipinski definition) is 1. The number of amides is 1. The highest BCUT2D eigenvalue weighted by atomic mass is 32.2. The van der Waals surface area contributed by atoms with E-state index in [2.05, 4.69) is 22.1 Å². The first-order valence-electron chi connectivity index (χ1n) is 9.74. The van der Waals surface area contributed by atoms with Crippen molar-refractivity contribution in [3.8, 4) is 11.4 Å². The lowest BCUT2D eigenvalue weighted by Gasteiger charge is -2.08. The van der Waals surface area contributed by atoms with Crippen LogP contribution >= 0.6 is 23.1 Å². The molecule has 0 spiro atoms. The number of allylic oxidation sites excluding steroid dienone is 1. The van der Waals surface area contributed by atoms with Crippen molar-refractivity contribution in [2.75, 3.05) is 17.7 Å². The zero-order valence-electron chi connectivity index (χ0n) is 17.7. The highest BCUT2D eigenvalue weighted by Crippen LogP contribution is 2.29. The third kappa shape index (κ3) is 5.62. The van der Waals surface area contributed by atoms with Crippen LogP contribution in [-0.4, -0.2) is 39.0 Å². The number of esters is 1. The molecule has 7 nitrogen and oxygen atoms in total. The second-order valence-corrected chi connectivity index (χ2v) is 8.93. The van der Waals surface area contributed by atoms with Gasteiger partial charge in [-0.1, -0.05) is 47.7 Å². The molecule has 1 amide bonds. The van der Waals surface area contributed by atoms with Gasteiger partial charge >= 0.3 is 5.97 Å². The summed E-state index contributed by atoms with van der Waals surface area (Å²) in [6.45, 7) is 10.3. The van der Waals surface area contributed by atoms with E-state index in [0.29, 0.717) is 22.3 Å². The van der Waals surface area contributed by atoms with E-state index in [0.717, 1.165) is 21.8 Å². The lowest BCUT2D eigenvalue weighted by atomic mass is 10.1. The van der Waals surface area contributed by atoms with Crippen molar-refractivity contribution >= 4 is 40.0 Å². The maximum atomic E-state index is 12.6. The van der Waals surface area contributed by atoms with Crippen molar-refractivity contribution < 1.29 is 14.3 Å². The van der Waals surface area contributed by atoms with Crippen molar-refractivity contribution in [3.63, 3.8) is 0 Å². The number of ether oxygens (including phenoxy) is 1. The van der Waals surface area contributed by atoms with Crippen LogP contribution < -0.4 is 5.32 Å². The zero-order chi connectivity index (χ0) is 22.4. The fourth-order valence-electron chi connectivity index (χ4n) is 2.87. The molecule has 0 aliphatic carbocycles. The molecule has 3 rings (SSSR count). The SMILES string of the molecule is C=CCn1c(SCC(=O)Nc2sc(C)cc2C(=O)OCC)nnc1-c1ccc(C)cc1. The van der Waals surface area contributed by atoms with Crippen LogP contribution in [0.5, 0.6) is 0 Å². The Kier molecular flexibility index (Phi) is 7.64. The van der Waals surface area contributed by atoms with Crippen LogP contribution in [0.15, 0.2) is 48.1 Å². The largest absolute Gasteiger partial charge is 0.462 e. The normalized spacial score (nSPS) is 10.7. The van der Waals surface area contributed by atoms with E-state index in [-0.39, 0.29) is 18.3 Å². The number of benzene rings is 1. The molecule has 2 aromatic heterocycles. The number of nitrogens with one attached hydrogen (secondary N) is 1. The molecule has 0 aliphatic heterocycles. The first-order chi connectivity index (χ1) is 14.9. The fourth-order valence-corrected chi connectivity index (χ4v) is 4.53. The molecule has 9 heteroatoms. The molecule has 3 aromatic rings. The number of thiophene rings is 1. The van der Waals surface area contributed by atoms with Gasteiger partial charge < -0.3 is 10.1 Å². The lowest BCUT2D eigenvalue weighted by Crippen LogP contribution is -2.16. The van der Waals surface area contributed by atoms with Crippen molar-refractivity contribution in [2.24, 2.45) is 0 Å². The first-order valence-corrected chi connectivity index (χ1v) is 11.5. The second kappa shape index (κ2) is 10.4. The number of aromatic nitrogens is 3. The van der Waals surface area contributed by atoms with Gasteiger partial charge in [0.2, 0.25) is 5.91 Å². The Morgan fingerprint density at radius 1 is 1.26 bits per heavy atom. The highest BCUT2D eigenvalue weighted by Gasteiger charge is 2.19.